The molecular formula is C25H22FN. The van der Waals surface area contributed by atoms with Gasteiger partial charge < -0.3 is 5.32 Å². The predicted octanol–water partition coefficient (Wildman–Crippen LogP) is 6.66. The number of benzene rings is 3. The van der Waals surface area contributed by atoms with E-state index in [1.54, 1.807) is 23.3 Å². The van der Waals surface area contributed by atoms with E-state index in [9.17, 15) is 4.39 Å². The van der Waals surface area contributed by atoms with Crippen LogP contribution in [-0.2, 0) is 5.41 Å². The molecule has 6 rings (SSSR count). The Labute approximate surface area is 159 Å². The SMILES string of the molecule is Fc1ccc(Nc2ccc3c(c2)-c2ccccc2C32C3CCC2CC3)cc1. The highest BCUT2D eigenvalue weighted by atomic mass is 19.1. The van der Waals surface area contributed by atoms with E-state index in [-0.39, 0.29) is 11.2 Å². The number of fused-ring (bicyclic) bond motifs is 3. The normalized spacial score (nSPS) is 27.0. The minimum Gasteiger partial charge on any atom is -0.356 e. The second-order valence-electron chi connectivity index (χ2n) is 8.36. The Balaban J connectivity index is 1.49. The minimum atomic E-state index is -0.206. The van der Waals surface area contributed by atoms with Gasteiger partial charge in [0.25, 0.3) is 0 Å². The summed E-state index contributed by atoms with van der Waals surface area (Å²) in [5.41, 5.74) is 8.13. The lowest BCUT2D eigenvalue weighted by atomic mass is 9.70. The van der Waals surface area contributed by atoms with Crippen molar-refractivity contribution in [2.45, 2.75) is 31.1 Å². The first-order valence-corrected chi connectivity index (χ1v) is 10.0. The fraction of sp³-hybridized carbons (Fsp3) is 0.280. The van der Waals surface area contributed by atoms with E-state index >= 15 is 0 Å². The van der Waals surface area contributed by atoms with Gasteiger partial charge in [-0.15, -0.1) is 0 Å². The van der Waals surface area contributed by atoms with E-state index in [1.165, 1.54) is 48.9 Å². The van der Waals surface area contributed by atoms with Gasteiger partial charge in [-0.05, 0) is 96.2 Å². The number of hydrogen-bond donors (Lipinski definition) is 1. The van der Waals surface area contributed by atoms with Gasteiger partial charge in [-0.3, -0.25) is 0 Å². The molecule has 0 atom stereocenters. The average molecular weight is 355 g/mol. The molecule has 3 aromatic rings. The van der Waals surface area contributed by atoms with Crippen LogP contribution in [-0.4, -0.2) is 0 Å². The van der Waals surface area contributed by atoms with Gasteiger partial charge in [0, 0.05) is 16.8 Å². The summed E-state index contributed by atoms with van der Waals surface area (Å²) in [7, 11) is 0. The van der Waals surface area contributed by atoms with E-state index in [2.05, 4.69) is 47.8 Å². The zero-order chi connectivity index (χ0) is 18.0. The maximum Gasteiger partial charge on any atom is 0.123 e. The lowest BCUT2D eigenvalue weighted by Gasteiger charge is -2.33. The lowest BCUT2D eigenvalue weighted by molar-refractivity contribution is 0.400. The molecule has 0 aromatic heterocycles. The summed E-state index contributed by atoms with van der Waals surface area (Å²) in [5, 5.41) is 3.44. The fourth-order valence-electron chi connectivity index (χ4n) is 6.35. The van der Waals surface area contributed by atoms with Gasteiger partial charge >= 0.3 is 0 Å². The summed E-state index contributed by atoms with van der Waals surface area (Å²) in [5.74, 6) is 1.38. The Kier molecular flexibility index (Phi) is 3.12. The quantitative estimate of drug-likeness (QED) is 0.542. The first kappa shape index (κ1) is 15.4. The van der Waals surface area contributed by atoms with Crippen LogP contribution in [0.1, 0.15) is 36.8 Å². The molecule has 0 saturated heterocycles. The van der Waals surface area contributed by atoms with Crippen molar-refractivity contribution in [2.75, 3.05) is 5.32 Å². The van der Waals surface area contributed by atoms with Crippen LogP contribution < -0.4 is 5.32 Å². The minimum absolute atomic E-state index is 0.206. The van der Waals surface area contributed by atoms with Crippen LogP contribution in [0.25, 0.3) is 11.1 Å². The molecule has 2 bridgehead atoms. The van der Waals surface area contributed by atoms with Gasteiger partial charge in [-0.25, -0.2) is 4.39 Å². The maximum absolute atomic E-state index is 13.2. The second-order valence-corrected chi connectivity index (χ2v) is 8.36. The fourth-order valence-corrected chi connectivity index (χ4v) is 6.35. The van der Waals surface area contributed by atoms with Gasteiger partial charge in [0.15, 0.2) is 0 Å². The van der Waals surface area contributed by atoms with Crippen molar-refractivity contribution in [3.8, 4) is 11.1 Å². The van der Waals surface area contributed by atoms with Crippen LogP contribution in [0.15, 0.2) is 66.7 Å². The molecule has 2 saturated carbocycles. The van der Waals surface area contributed by atoms with Gasteiger partial charge in [-0.2, -0.15) is 0 Å². The van der Waals surface area contributed by atoms with Crippen LogP contribution in [0, 0.1) is 17.7 Å². The second kappa shape index (κ2) is 5.45. The van der Waals surface area contributed by atoms with Crippen molar-refractivity contribution >= 4 is 11.4 Å². The Morgan fingerprint density at radius 2 is 1.33 bits per heavy atom. The van der Waals surface area contributed by atoms with E-state index in [0.29, 0.717) is 0 Å². The van der Waals surface area contributed by atoms with Gasteiger partial charge in [0.1, 0.15) is 5.82 Å². The molecule has 3 aliphatic carbocycles. The number of hydrogen-bond acceptors (Lipinski definition) is 1. The number of anilines is 2. The van der Waals surface area contributed by atoms with Crippen LogP contribution in [0.5, 0.6) is 0 Å². The van der Waals surface area contributed by atoms with E-state index in [0.717, 1.165) is 23.2 Å². The van der Waals surface area contributed by atoms with Crippen molar-refractivity contribution in [3.05, 3.63) is 83.7 Å². The average Bonchev–Trinajstić information content (AvgIpc) is 3.35. The maximum atomic E-state index is 13.2. The van der Waals surface area contributed by atoms with E-state index in [4.69, 9.17) is 0 Å². The summed E-state index contributed by atoms with van der Waals surface area (Å²) in [6, 6.07) is 22.5. The van der Waals surface area contributed by atoms with Crippen LogP contribution >= 0.6 is 0 Å². The Bertz CT molecular complexity index is 1020. The monoisotopic (exact) mass is 355 g/mol. The largest absolute Gasteiger partial charge is 0.356 e. The molecule has 2 heteroatoms. The van der Waals surface area contributed by atoms with Crippen LogP contribution in [0.4, 0.5) is 15.8 Å². The molecule has 1 spiro atoms. The number of rotatable bonds is 2. The summed E-state index contributed by atoms with van der Waals surface area (Å²) in [4.78, 5) is 0. The van der Waals surface area contributed by atoms with Crippen molar-refractivity contribution in [1.29, 1.82) is 0 Å². The van der Waals surface area contributed by atoms with Gasteiger partial charge in [-0.1, -0.05) is 30.3 Å². The molecule has 1 N–H and O–H groups in total. The van der Waals surface area contributed by atoms with Crippen LogP contribution in [0.2, 0.25) is 0 Å². The molecule has 0 unspecified atom stereocenters. The number of nitrogens with one attached hydrogen (secondary N) is 1. The highest BCUT2D eigenvalue weighted by Crippen LogP contribution is 2.67. The van der Waals surface area contributed by atoms with Gasteiger partial charge in [0.2, 0.25) is 0 Å². The lowest BCUT2D eigenvalue weighted by Crippen LogP contribution is -2.30. The molecule has 3 aromatic carbocycles. The summed E-state index contributed by atoms with van der Waals surface area (Å²) in [6.45, 7) is 0. The zero-order valence-corrected chi connectivity index (χ0v) is 15.2. The summed E-state index contributed by atoms with van der Waals surface area (Å²) in [6.07, 6.45) is 5.48. The molecule has 134 valence electrons. The summed E-state index contributed by atoms with van der Waals surface area (Å²) >= 11 is 0. The third-order valence-corrected chi connectivity index (χ3v) is 7.28. The molecule has 0 aliphatic heterocycles. The Hall–Kier alpha value is -2.61. The molecule has 3 aliphatic rings. The highest BCUT2D eigenvalue weighted by molar-refractivity contribution is 5.85. The molecule has 0 radical (unpaired) electrons. The third-order valence-electron chi connectivity index (χ3n) is 7.28. The highest BCUT2D eigenvalue weighted by Gasteiger charge is 2.59. The van der Waals surface area contributed by atoms with Crippen LogP contribution in [0.3, 0.4) is 0 Å². The molecule has 0 amide bonds. The predicted molar refractivity (Wildman–Crippen MR) is 108 cm³/mol. The van der Waals surface area contributed by atoms with E-state index in [1.807, 2.05) is 0 Å². The molecule has 27 heavy (non-hydrogen) atoms. The van der Waals surface area contributed by atoms with E-state index < -0.39 is 0 Å². The van der Waals surface area contributed by atoms with Crippen molar-refractivity contribution in [1.82, 2.24) is 0 Å². The molecule has 1 nitrogen and oxygen atoms in total. The topological polar surface area (TPSA) is 12.0 Å². The first-order chi connectivity index (χ1) is 13.3. The Morgan fingerprint density at radius 3 is 2.07 bits per heavy atom. The van der Waals surface area contributed by atoms with Crippen molar-refractivity contribution < 1.29 is 4.39 Å². The van der Waals surface area contributed by atoms with Crippen molar-refractivity contribution in [2.24, 2.45) is 11.8 Å². The third kappa shape index (κ3) is 1.99. The number of halogens is 1. The smallest absolute Gasteiger partial charge is 0.123 e. The standard InChI is InChI=1S/C25H22FN/c26-18-9-11-19(12-10-18)27-20-13-14-24-22(15-20)21-3-1-2-4-23(21)25(24)16-5-6-17(25)8-7-16/h1-4,9-17,27H,5-8H2. The van der Waals surface area contributed by atoms with Crippen molar-refractivity contribution in [3.63, 3.8) is 0 Å². The summed E-state index contributed by atoms with van der Waals surface area (Å²) < 4.78 is 13.2. The molecular weight excluding hydrogens is 333 g/mol. The zero-order valence-electron chi connectivity index (χ0n) is 15.2. The first-order valence-electron chi connectivity index (χ1n) is 10.0. The Morgan fingerprint density at radius 1 is 0.704 bits per heavy atom. The molecule has 2 fully saturated rings. The van der Waals surface area contributed by atoms with Gasteiger partial charge in [0.05, 0.1) is 0 Å². The molecule has 0 heterocycles.